The van der Waals surface area contributed by atoms with Crippen LogP contribution in [0.3, 0.4) is 0 Å². The lowest BCUT2D eigenvalue weighted by atomic mass is 10.3. The smallest absolute Gasteiger partial charge is 0.406 e. The summed E-state index contributed by atoms with van der Waals surface area (Å²) in [7, 11) is 3.80. The van der Waals surface area contributed by atoms with Crippen molar-refractivity contribution in [3.8, 4) is 5.75 Å². The molecule has 0 saturated heterocycles. The SMILES string of the molecule is CN(C)c1ccc([N+]23C=CN=CC2=NC(Nc2ccc(OC(F)(F)F)cc2)=N3)cn1. The molecule has 0 saturated carbocycles. The van der Waals surface area contributed by atoms with E-state index < -0.39 is 6.36 Å². The monoisotopic (exact) mass is 416 g/mol. The molecule has 0 fully saturated rings. The van der Waals surface area contributed by atoms with Crippen LogP contribution in [0, 0.1) is 0 Å². The van der Waals surface area contributed by atoms with E-state index in [0.29, 0.717) is 11.5 Å². The number of alkyl halides is 3. The van der Waals surface area contributed by atoms with Crippen molar-refractivity contribution in [3.63, 3.8) is 0 Å². The van der Waals surface area contributed by atoms with Crippen LogP contribution in [-0.2, 0) is 0 Å². The van der Waals surface area contributed by atoms with E-state index in [9.17, 15) is 13.2 Å². The first-order valence-electron chi connectivity index (χ1n) is 8.81. The second-order valence-electron chi connectivity index (χ2n) is 6.62. The highest BCUT2D eigenvalue weighted by atomic mass is 19.4. The zero-order valence-corrected chi connectivity index (χ0v) is 16.0. The highest BCUT2D eigenvalue weighted by Gasteiger charge is 2.43. The van der Waals surface area contributed by atoms with Crippen LogP contribution in [0.25, 0.3) is 0 Å². The summed E-state index contributed by atoms with van der Waals surface area (Å²) in [5.41, 5.74) is 1.26. The van der Waals surface area contributed by atoms with E-state index in [0.717, 1.165) is 11.5 Å². The first-order chi connectivity index (χ1) is 14.2. The number of halogens is 3. The van der Waals surface area contributed by atoms with Gasteiger partial charge in [0.25, 0.3) is 11.8 Å². The van der Waals surface area contributed by atoms with Crippen LogP contribution < -0.4 is 19.5 Å². The van der Waals surface area contributed by atoms with Crippen molar-refractivity contribution in [3.05, 3.63) is 55.0 Å². The van der Waals surface area contributed by atoms with E-state index in [1.165, 1.54) is 24.3 Å². The molecule has 0 amide bonds. The van der Waals surface area contributed by atoms with Crippen LogP contribution in [0.4, 0.5) is 30.4 Å². The Morgan fingerprint density at radius 3 is 2.47 bits per heavy atom. The van der Waals surface area contributed by atoms with Gasteiger partial charge in [-0.2, -0.15) is 4.99 Å². The molecule has 4 rings (SSSR count). The van der Waals surface area contributed by atoms with Gasteiger partial charge in [-0.1, -0.05) is 4.59 Å². The number of benzene rings is 1. The molecule has 1 N–H and O–H groups in total. The molecule has 0 bridgehead atoms. The normalized spacial score (nSPS) is 19.8. The first kappa shape index (κ1) is 19.6. The van der Waals surface area contributed by atoms with Gasteiger partial charge in [-0.15, -0.1) is 13.2 Å². The molecule has 1 atom stereocenters. The molecule has 1 unspecified atom stereocenters. The van der Waals surface area contributed by atoms with E-state index in [-0.39, 0.29) is 16.3 Å². The summed E-state index contributed by atoms with van der Waals surface area (Å²) in [4.78, 5) is 14.9. The molecular formula is C19H17F3N7O+. The maximum Gasteiger partial charge on any atom is 0.573 e. The number of amidine groups is 1. The Hall–Kier alpha value is -3.73. The number of guanidine groups is 1. The van der Waals surface area contributed by atoms with E-state index >= 15 is 0 Å². The third-order valence-electron chi connectivity index (χ3n) is 4.31. The molecule has 2 aliphatic rings. The van der Waals surface area contributed by atoms with Crippen LogP contribution in [-0.4, -0.2) is 43.5 Å². The number of nitrogens with zero attached hydrogens (tertiary/aromatic N) is 6. The summed E-state index contributed by atoms with van der Waals surface area (Å²) >= 11 is 0. The summed E-state index contributed by atoms with van der Waals surface area (Å²) in [6.45, 7) is 0. The molecule has 0 radical (unpaired) electrons. The molecule has 0 spiro atoms. The van der Waals surface area contributed by atoms with Crippen LogP contribution in [0.15, 0.2) is 70.1 Å². The third-order valence-corrected chi connectivity index (χ3v) is 4.31. The van der Waals surface area contributed by atoms with Gasteiger partial charge in [-0.05, 0) is 35.4 Å². The summed E-state index contributed by atoms with van der Waals surface area (Å²) in [6.07, 6.45) is 1.95. The lowest BCUT2D eigenvalue weighted by Gasteiger charge is -2.23. The lowest BCUT2D eigenvalue weighted by Crippen LogP contribution is -2.44. The Bertz CT molecular complexity index is 1060. The quantitative estimate of drug-likeness (QED) is 0.772. The van der Waals surface area contributed by atoms with Gasteiger partial charge in [-0.25, -0.2) is 4.98 Å². The standard InChI is InChI=1S/C19H17F3N7O/c1-28(2)16-8-5-14(11-24-16)29-10-9-23-12-17(29)26-18(27-29)25-13-3-6-15(7-4-13)30-19(20,21)22/h3-12H,1-2H3,(H,25,27)/q+1. The Balaban J connectivity index is 1.59. The Kier molecular flexibility index (Phi) is 4.74. The second kappa shape index (κ2) is 7.26. The molecule has 30 heavy (non-hydrogen) atoms. The molecule has 11 heteroatoms. The highest BCUT2D eigenvalue weighted by molar-refractivity contribution is 6.38. The van der Waals surface area contributed by atoms with Gasteiger partial charge in [-0.3, -0.25) is 4.99 Å². The molecule has 1 aromatic carbocycles. The van der Waals surface area contributed by atoms with Crippen molar-refractivity contribution in [2.45, 2.75) is 6.36 Å². The molecule has 8 nitrogen and oxygen atoms in total. The molecular weight excluding hydrogens is 399 g/mol. The van der Waals surface area contributed by atoms with E-state index in [1.54, 1.807) is 24.8 Å². The van der Waals surface area contributed by atoms with Crippen molar-refractivity contribution >= 4 is 35.2 Å². The van der Waals surface area contributed by atoms with Gasteiger partial charge in [0.1, 0.15) is 17.8 Å². The van der Waals surface area contributed by atoms with Gasteiger partial charge in [0.15, 0.2) is 11.9 Å². The predicted molar refractivity (Wildman–Crippen MR) is 110 cm³/mol. The van der Waals surface area contributed by atoms with Crippen molar-refractivity contribution in [1.82, 2.24) is 9.58 Å². The number of hydrogen-bond donors (Lipinski definition) is 1. The minimum absolute atomic E-state index is 0.0538. The maximum atomic E-state index is 12.3. The van der Waals surface area contributed by atoms with Crippen molar-refractivity contribution in [2.75, 3.05) is 24.3 Å². The number of pyridine rings is 1. The third kappa shape index (κ3) is 3.87. The lowest BCUT2D eigenvalue weighted by molar-refractivity contribution is -0.274. The zero-order chi connectivity index (χ0) is 21.4. The minimum atomic E-state index is -4.74. The topological polar surface area (TPSA) is 74.5 Å². The Labute approximate surface area is 169 Å². The van der Waals surface area contributed by atoms with Gasteiger partial charge in [0, 0.05) is 25.8 Å². The largest absolute Gasteiger partial charge is 0.573 e. The molecule has 3 heterocycles. The van der Waals surface area contributed by atoms with Crippen molar-refractivity contribution in [2.24, 2.45) is 15.1 Å². The average Bonchev–Trinajstić information content (AvgIpc) is 3.07. The fraction of sp³-hybridized carbons (Fsp3) is 0.158. The van der Waals surface area contributed by atoms with Gasteiger partial charge >= 0.3 is 6.36 Å². The summed E-state index contributed by atoms with van der Waals surface area (Å²) in [5, 5.41) is 7.66. The molecule has 2 aromatic rings. The Morgan fingerprint density at radius 2 is 1.83 bits per heavy atom. The van der Waals surface area contributed by atoms with Crippen LogP contribution >= 0.6 is 0 Å². The first-order valence-corrected chi connectivity index (χ1v) is 8.81. The molecule has 1 aromatic heterocycles. The van der Waals surface area contributed by atoms with Crippen LogP contribution in [0.2, 0.25) is 0 Å². The number of quaternary nitrogens is 1. The van der Waals surface area contributed by atoms with Crippen LogP contribution in [0.1, 0.15) is 0 Å². The van der Waals surface area contributed by atoms with Gasteiger partial charge in [0.05, 0.1) is 12.4 Å². The number of hydrogen-bond acceptors (Lipinski definition) is 7. The Morgan fingerprint density at radius 1 is 1.07 bits per heavy atom. The van der Waals surface area contributed by atoms with Crippen molar-refractivity contribution < 1.29 is 17.9 Å². The average molecular weight is 416 g/mol. The molecule has 0 aliphatic carbocycles. The molecule has 154 valence electrons. The zero-order valence-electron chi connectivity index (χ0n) is 16.0. The number of rotatable bonds is 4. The summed E-state index contributed by atoms with van der Waals surface area (Å²) < 4.78 is 40.8. The van der Waals surface area contributed by atoms with Crippen LogP contribution in [0.5, 0.6) is 5.75 Å². The highest BCUT2D eigenvalue weighted by Crippen LogP contribution is 2.31. The summed E-state index contributed by atoms with van der Waals surface area (Å²) in [6, 6.07) is 9.09. The number of nitrogens with one attached hydrogen (secondary N) is 1. The van der Waals surface area contributed by atoms with E-state index in [2.05, 4.69) is 30.1 Å². The van der Waals surface area contributed by atoms with Gasteiger partial charge in [0.2, 0.25) is 0 Å². The number of aromatic nitrogens is 1. The number of anilines is 2. The fourth-order valence-electron chi connectivity index (χ4n) is 2.92. The summed E-state index contributed by atoms with van der Waals surface area (Å²) in [5.74, 6) is 1.32. The number of aliphatic imine (C=N–C) groups is 2. The van der Waals surface area contributed by atoms with E-state index in [1.807, 2.05) is 31.1 Å². The van der Waals surface area contributed by atoms with Crippen molar-refractivity contribution in [1.29, 1.82) is 0 Å². The maximum absolute atomic E-state index is 12.3. The number of ether oxygens (including phenoxy) is 1. The minimum Gasteiger partial charge on any atom is -0.406 e. The fourth-order valence-corrected chi connectivity index (χ4v) is 2.92. The van der Waals surface area contributed by atoms with E-state index in [4.69, 9.17) is 0 Å². The van der Waals surface area contributed by atoms with Gasteiger partial charge < -0.3 is 15.0 Å². The number of fused-ring (bicyclic) bond motifs is 1. The predicted octanol–water partition coefficient (Wildman–Crippen LogP) is 3.70. The second-order valence-corrected chi connectivity index (χ2v) is 6.62. The molecule has 2 aliphatic heterocycles.